The SMILES string of the molecule is CCOC(=O)N1c2ccc(OC)nc2[C@@H](c2ncc(O[C@H]3CCNC3)c(Cc3cc(C(F)(F)F)cc(C(F)(F)F)c3)n2)C[C@@]1(N)CC. The molecule has 254 valence electrons. The first-order valence-electron chi connectivity index (χ1n) is 15.0. The van der Waals surface area contributed by atoms with Crippen LogP contribution in [0, 0.1) is 0 Å². The van der Waals surface area contributed by atoms with E-state index < -0.39 is 47.6 Å². The number of methoxy groups -OCH3 is 1. The number of alkyl halides is 6. The van der Waals surface area contributed by atoms with Crippen molar-refractivity contribution in [2.24, 2.45) is 5.73 Å². The number of carbonyl (C=O) groups is 1. The van der Waals surface area contributed by atoms with Crippen molar-refractivity contribution >= 4 is 11.8 Å². The minimum Gasteiger partial charge on any atom is -0.485 e. The van der Waals surface area contributed by atoms with Crippen LogP contribution in [0.1, 0.15) is 72.9 Å². The highest BCUT2D eigenvalue weighted by molar-refractivity contribution is 5.91. The number of fused-ring (bicyclic) bond motifs is 1. The Morgan fingerprint density at radius 1 is 1.09 bits per heavy atom. The Labute approximate surface area is 266 Å². The smallest absolute Gasteiger partial charge is 0.416 e. The summed E-state index contributed by atoms with van der Waals surface area (Å²) in [5.41, 5.74) is 3.10. The van der Waals surface area contributed by atoms with Crippen LogP contribution in [0.5, 0.6) is 11.6 Å². The molecule has 10 nitrogen and oxygen atoms in total. The van der Waals surface area contributed by atoms with Crippen molar-refractivity contribution in [3.8, 4) is 11.6 Å². The number of amides is 1. The number of hydrogen-bond acceptors (Lipinski definition) is 9. The van der Waals surface area contributed by atoms with Crippen molar-refractivity contribution in [2.75, 3.05) is 31.7 Å². The summed E-state index contributed by atoms with van der Waals surface area (Å²) in [5.74, 6) is -0.292. The monoisotopic (exact) mass is 668 g/mol. The van der Waals surface area contributed by atoms with Crippen molar-refractivity contribution in [1.82, 2.24) is 20.3 Å². The van der Waals surface area contributed by atoms with Crippen molar-refractivity contribution < 1.29 is 45.3 Å². The van der Waals surface area contributed by atoms with Gasteiger partial charge in [-0.3, -0.25) is 4.90 Å². The predicted molar refractivity (Wildman–Crippen MR) is 157 cm³/mol. The zero-order chi connectivity index (χ0) is 34.1. The van der Waals surface area contributed by atoms with Gasteiger partial charge < -0.3 is 25.3 Å². The summed E-state index contributed by atoms with van der Waals surface area (Å²) < 4.78 is 98.9. The summed E-state index contributed by atoms with van der Waals surface area (Å²) in [6, 6.07) is 4.57. The second kappa shape index (κ2) is 13.1. The number of aromatic nitrogens is 3. The van der Waals surface area contributed by atoms with Gasteiger partial charge in [0.1, 0.15) is 17.6 Å². The number of nitrogens with one attached hydrogen (secondary N) is 1. The van der Waals surface area contributed by atoms with Crippen LogP contribution in [0.25, 0.3) is 0 Å². The van der Waals surface area contributed by atoms with Gasteiger partial charge in [0, 0.05) is 19.0 Å². The molecule has 0 bridgehead atoms. The summed E-state index contributed by atoms with van der Waals surface area (Å²) >= 11 is 0. The van der Waals surface area contributed by atoms with E-state index in [0.29, 0.717) is 43.0 Å². The second-order valence-electron chi connectivity index (χ2n) is 11.4. The van der Waals surface area contributed by atoms with E-state index in [4.69, 9.17) is 19.9 Å². The standard InChI is InChI=1S/C31H34F6N6O4/c1-4-29(38)14-21(26-23(6-7-25(42-26)45-3)43(29)28(44)46-5-2)27-40-16-24(47-20-8-9-39-15-20)22(41-27)12-17-10-18(30(32,33)34)13-19(11-17)31(35,36)37/h6-7,10-11,13,16,20-21,39H,4-5,8-9,12,14-15,38H2,1-3H3/t20-,21-,29+/m0/s1. The molecule has 3 N–H and O–H groups in total. The largest absolute Gasteiger partial charge is 0.485 e. The first-order valence-corrected chi connectivity index (χ1v) is 15.0. The van der Waals surface area contributed by atoms with Gasteiger partial charge >= 0.3 is 18.4 Å². The maximum absolute atomic E-state index is 13.7. The fourth-order valence-electron chi connectivity index (χ4n) is 5.81. The Kier molecular flexibility index (Phi) is 9.55. The Balaban J connectivity index is 1.65. The van der Waals surface area contributed by atoms with Crippen LogP contribution in [0.15, 0.2) is 36.5 Å². The lowest BCUT2D eigenvalue weighted by atomic mass is 9.83. The van der Waals surface area contributed by atoms with Gasteiger partial charge in [-0.2, -0.15) is 26.3 Å². The number of rotatable bonds is 8. The van der Waals surface area contributed by atoms with E-state index >= 15 is 0 Å². The van der Waals surface area contributed by atoms with E-state index in [0.717, 1.165) is 0 Å². The van der Waals surface area contributed by atoms with Crippen LogP contribution in [0.3, 0.4) is 0 Å². The Hall–Kier alpha value is -4.18. The molecular weight excluding hydrogens is 634 g/mol. The van der Waals surface area contributed by atoms with Gasteiger partial charge in [0.2, 0.25) is 5.88 Å². The second-order valence-corrected chi connectivity index (χ2v) is 11.4. The molecule has 1 fully saturated rings. The molecule has 3 atom stereocenters. The van der Waals surface area contributed by atoms with Gasteiger partial charge in [-0.1, -0.05) is 6.92 Å². The number of anilines is 1. The number of nitrogens with zero attached hydrogens (tertiary/aromatic N) is 4. The van der Waals surface area contributed by atoms with Gasteiger partial charge in [0.25, 0.3) is 0 Å². The Morgan fingerprint density at radius 2 is 1.79 bits per heavy atom. The van der Waals surface area contributed by atoms with E-state index in [9.17, 15) is 31.1 Å². The van der Waals surface area contributed by atoms with E-state index in [1.54, 1.807) is 26.0 Å². The van der Waals surface area contributed by atoms with Crippen LogP contribution >= 0.6 is 0 Å². The highest BCUT2D eigenvalue weighted by atomic mass is 19.4. The third-order valence-corrected chi connectivity index (χ3v) is 8.21. The Bertz CT molecular complexity index is 1580. The van der Waals surface area contributed by atoms with Gasteiger partial charge in [0.15, 0.2) is 5.75 Å². The number of carbonyl (C=O) groups excluding carboxylic acids is 1. The first-order chi connectivity index (χ1) is 22.2. The van der Waals surface area contributed by atoms with Crippen molar-refractivity contribution in [1.29, 1.82) is 0 Å². The summed E-state index contributed by atoms with van der Waals surface area (Å²) in [4.78, 5) is 28.3. The molecule has 2 aliphatic heterocycles. The van der Waals surface area contributed by atoms with E-state index in [1.807, 2.05) is 0 Å². The summed E-state index contributed by atoms with van der Waals surface area (Å²) in [7, 11) is 1.41. The fourth-order valence-corrected chi connectivity index (χ4v) is 5.81. The molecule has 2 aliphatic rings. The quantitative estimate of drug-likeness (QED) is 0.286. The van der Waals surface area contributed by atoms with Crippen LogP contribution < -0.4 is 25.4 Å². The lowest BCUT2D eigenvalue weighted by Gasteiger charge is -2.46. The summed E-state index contributed by atoms with van der Waals surface area (Å²) in [6.45, 7) is 4.69. The molecule has 3 aromatic rings. The number of pyridine rings is 1. The number of nitrogens with two attached hydrogens (primary N) is 1. The minimum atomic E-state index is -5.02. The Morgan fingerprint density at radius 3 is 2.36 bits per heavy atom. The number of hydrogen-bond donors (Lipinski definition) is 2. The maximum Gasteiger partial charge on any atom is 0.416 e. The molecule has 2 aromatic heterocycles. The molecule has 0 radical (unpaired) electrons. The van der Waals surface area contributed by atoms with Gasteiger partial charge in [-0.15, -0.1) is 0 Å². The molecule has 0 unspecified atom stereocenters. The highest BCUT2D eigenvalue weighted by Gasteiger charge is 2.47. The highest BCUT2D eigenvalue weighted by Crippen LogP contribution is 2.46. The number of benzene rings is 1. The molecule has 4 heterocycles. The van der Waals surface area contributed by atoms with Gasteiger partial charge in [-0.05, 0) is 62.6 Å². The third-order valence-electron chi connectivity index (χ3n) is 8.21. The van der Waals surface area contributed by atoms with Gasteiger partial charge in [0.05, 0.1) is 54.0 Å². The third kappa shape index (κ3) is 7.22. The normalized spacial score (nSPS) is 21.4. The molecule has 16 heteroatoms. The molecule has 47 heavy (non-hydrogen) atoms. The molecule has 1 aromatic carbocycles. The predicted octanol–water partition coefficient (Wildman–Crippen LogP) is 5.81. The topological polar surface area (TPSA) is 125 Å². The maximum atomic E-state index is 13.7. The van der Waals surface area contributed by atoms with Crippen LogP contribution in [-0.2, 0) is 23.5 Å². The molecule has 1 amide bonds. The summed E-state index contributed by atoms with van der Waals surface area (Å²) in [6.07, 6.45) is -9.16. The lowest BCUT2D eigenvalue weighted by Crippen LogP contribution is -2.61. The molecule has 1 saturated heterocycles. The molecular formula is C31H34F6N6O4. The van der Waals surface area contributed by atoms with E-state index in [-0.39, 0.29) is 60.3 Å². The zero-order valence-electron chi connectivity index (χ0n) is 25.8. The summed E-state index contributed by atoms with van der Waals surface area (Å²) in [5, 5.41) is 3.14. The van der Waals surface area contributed by atoms with Crippen molar-refractivity contribution in [2.45, 2.75) is 69.6 Å². The van der Waals surface area contributed by atoms with E-state index in [1.165, 1.54) is 18.2 Å². The van der Waals surface area contributed by atoms with Crippen LogP contribution in [-0.4, -0.2) is 59.6 Å². The van der Waals surface area contributed by atoms with Crippen LogP contribution in [0.2, 0.25) is 0 Å². The number of ether oxygens (including phenoxy) is 3. The average Bonchev–Trinajstić information content (AvgIpc) is 3.53. The van der Waals surface area contributed by atoms with Gasteiger partial charge in [-0.25, -0.2) is 19.7 Å². The number of halogens is 6. The van der Waals surface area contributed by atoms with E-state index in [2.05, 4.69) is 20.3 Å². The van der Waals surface area contributed by atoms with Crippen molar-refractivity contribution in [3.63, 3.8) is 0 Å². The molecule has 0 saturated carbocycles. The minimum absolute atomic E-state index is 0.0590. The first kappa shape index (κ1) is 34.2. The lowest BCUT2D eigenvalue weighted by molar-refractivity contribution is -0.143. The molecule has 0 aliphatic carbocycles. The van der Waals surface area contributed by atoms with Crippen LogP contribution in [0.4, 0.5) is 36.8 Å². The average molecular weight is 669 g/mol. The molecule has 0 spiro atoms. The fraction of sp³-hybridized carbons (Fsp3) is 0.484. The molecule has 5 rings (SSSR count). The zero-order valence-corrected chi connectivity index (χ0v) is 25.8. The van der Waals surface area contributed by atoms with Crippen molar-refractivity contribution in [3.05, 3.63) is 70.4 Å².